The second-order valence-corrected chi connectivity index (χ2v) is 6.81. The van der Waals surface area contributed by atoms with Crippen molar-refractivity contribution in [2.75, 3.05) is 37.6 Å². The Hall–Kier alpha value is -2.58. The van der Waals surface area contributed by atoms with Gasteiger partial charge in [0, 0.05) is 37.3 Å². The fraction of sp³-hybridized carbons (Fsp3) is 0.389. The number of piperazine rings is 1. The summed E-state index contributed by atoms with van der Waals surface area (Å²) in [5.41, 5.74) is 0.511. The van der Waals surface area contributed by atoms with Gasteiger partial charge in [0.25, 0.3) is 5.69 Å². The molecule has 1 atom stereocenters. The van der Waals surface area contributed by atoms with E-state index in [1.54, 1.807) is 23.3 Å². The van der Waals surface area contributed by atoms with Crippen LogP contribution in [0.15, 0.2) is 41.0 Å². The number of carbonyl (C=O) groups excluding carboxylic acids is 1. The maximum absolute atomic E-state index is 12.4. The van der Waals surface area contributed by atoms with Crippen LogP contribution >= 0.6 is 11.6 Å². The van der Waals surface area contributed by atoms with Gasteiger partial charge in [0.1, 0.15) is 11.4 Å². The van der Waals surface area contributed by atoms with Gasteiger partial charge in [0.15, 0.2) is 0 Å². The average Bonchev–Trinajstić information content (AvgIpc) is 3.21. The highest BCUT2D eigenvalue weighted by molar-refractivity contribution is 6.30. The van der Waals surface area contributed by atoms with Crippen LogP contribution in [-0.4, -0.2) is 48.5 Å². The molecule has 1 aromatic carbocycles. The normalized spacial score (nSPS) is 15.6. The van der Waals surface area contributed by atoms with Gasteiger partial charge in [-0.3, -0.25) is 20.2 Å². The molecular weight excluding hydrogens is 372 g/mol. The molecular formula is C18H21ClN4O4. The Morgan fingerprint density at radius 1 is 1.33 bits per heavy atom. The number of nitro benzene ring substituents is 1. The first-order chi connectivity index (χ1) is 13.0. The first-order valence-electron chi connectivity index (χ1n) is 8.69. The van der Waals surface area contributed by atoms with E-state index in [4.69, 9.17) is 16.0 Å². The minimum Gasteiger partial charge on any atom is -0.468 e. The van der Waals surface area contributed by atoms with E-state index in [0.717, 1.165) is 5.76 Å². The van der Waals surface area contributed by atoms with Crippen LogP contribution in [0.4, 0.5) is 11.4 Å². The third-order valence-corrected chi connectivity index (χ3v) is 4.87. The molecule has 0 aliphatic carbocycles. The molecule has 2 aromatic rings. The Labute approximate surface area is 161 Å². The molecule has 0 saturated carbocycles. The Balaban J connectivity index is 1.54. The lowest BCUT2D eigenvalue weighted by molar-refractivity contribution is -0.384. The van der Waals surface area contributed by atoms with E-state index in [-0.39, 0.29) is 24.2 Å². The molecule has 9 heteroatoms. The van der Waals surface area contributed by atoms with Gasteiger partial charge in [-0.15, -0.1) is 0 Å². The van der Waals surface area contributed by atoms with E-state index in [2.05, 4.69) is 5.32 Å². The minimum atomic E-state index is -0.432. The molecule has 1 aliphatic heterocycles. The second kappa shape index (κ2) is 8.41. The lowest BCUT2D eigenvalue weighted by atomic mass is 10.2. The van der Waals surface area contributed by atoms with Gasteiger partial charge in [0.05, 0.1) is 23.8 Å². The number of amides is 1. The average molecular weight is 393 g/mol. The lowest BCUT2D eigenvalue weighted by Gasteiger charge is -2.36. The number of hydrogen-bond donors (Lipinski definition) is 1. The molecule has 1 amide bonds. The molecule has 27 heavy (non-hydrogen) atoms. The number of furan rings is 1. The van der Waals surface area contributed by atoms with Crippen LogP contribution in [0.1, 0.15) is 18.7 Å². The summed E-state index contributed by atoms with van der Waals surface area (Å²) in [6.45, 7) is 4.22. The number of anilines is 1. The maximum Gasteiger partial charge on any atom is 0.294 e. The molecule has 1 N–H and O–H groups in total. The Kier molecular flexibility index (Phi) is 5.98. The molecule has 1 aromatic heterocycles. The molecule has 0 spiro atoms. The van der Waals surface area contributed by atoms with Gasteiger partial charge >= 0.3 is 0 Å². The number of nitro groups is 1. The molecule has 1 aliphatic rings. The molecule has 0 bridgehead atoms. The van der Waals surface area contributed by atoms with E-state index in [0.29, 0.717) is 36.9 Å². The predicted octanol–water partition coefficient (Wildman–Crippen LogP) is 2.84. The monoisotopic (exact) mass is 392 g/mol. The zero-order valence-corrected chi connectivity index (χ0v) is 15.7. The summed E-state index contributed by atoms with van der Waals surface area (Å²) in [4.78, 5) is 26.9. The zero-order chi connectivity index (χ0) is 19.4. The van der Waals surface area contributed by atoms with Gasteiger partial charge in [-0.2, -0.15) is 0 Å². The van der Waals surface area contributed by atoms with Gasteiger partial charge < -0.3 is 14.2 Å². The highest BCUT2D eigenvalue weighted by atomic mass is 35.5. The first-order valence-corrected chi connectivity index (χ1v) is 9.07. The van der Waals surface area contributed by atoms with Crippen molar-refractivity contribution in [3.63, 3.8) is 0 Å². The van der Waals surface area contributed by atoms with Crippen LogP contribution in [-0.2, 0) is 4.79 Å². The summed E-state index contributed by atoms with van der Waals surface area (Å²) in [6.07, 6.45) is 1.60. The summed E-state index contributed by atoms with van der Waals surface area (Å²) in [5, 5.41) is 14.8. The highest BCUT2D eigenvalue weighted by Gasteiger charge is 2.26. The number of nitrogens with zero attached hydrogens (tertiary/aromatic N) is 3. The van der Waals surface area contributed by atoms with Crippen molar-refractivity contribution in [3.8, 4) is 0 Å². The lowest BCUT2D eigenvalue weighted by Crippen LogP contribution is -2.51. The molecule has 3 rings (SSSR count). The summed E-state index contributed by atoms with van der Waals surface area (Å²) < 4.78 is 5.32. The summed E-state index contributed by atoms with van der Waals surface area (Å²) >= 11 is 5.87. The SMILES string of the molecule is C[C@@H](NCC(=O)N1CCN(c2ccc(Cl)cc2[N+](=O)[O-])CC1)c1ccco1. The second-order valence-electron chi connectivity index (χ2n) is 6.38. The smallest absolute Gasteiger partial charge is 0.294 e. The summed E-state index contributed by atoms with van der Waals surface area (Å²) in [7, 11) is 0. The maximum atomic E-state index is 12.4. The summed E-state index contributed by atoms with van der Waals surface area (Å²) in [5.74, 6) is 0.779. The number of nitrogens with one attached hydrogen (secondary N) is 1. The van der Waals surface area contributed by atoms with E-state index in [9.17, 15) is 14.9 Å². The number of benzene rings is 1. The van der Waals surface area contributed by atoms with Crippen LogP contribution in [0, 0.1) is 10.1 Å². The van der Waals surface area contributed by atoms with Crippen LogP contribution in [0.5, 0.6) is 0 Å². The molecule has 0 radical (unpaired) electrons. The fourth-order valence-electron chi connectivity index (χ4n) is 3.10. The van der Waals surface area contributed by atoms with Crippen molar-refractivity contribution in [2.24, 2.45) is 0 Å². The Bertz CT molecular complexity index is 804. The predicted molar refractivity (Wildman–Crippen MR) is 102 cm³/mol. The molecule has 8 nitrogen and oxygen atoms in total. The first kappa shape index (κ1) is 19.2. The molecule has 2 heterocycles. The van der Waals surface area contributed by atoms with Crippen LogP contribution in [0.3, 0.4) is 0 Å². The number of carbonyl (C=O) groups is 1. The Morgan fingerprint density at radius 2 is 2.07 bits per heavy atom. The van der Waals surface area contributed by atoms with Crippen molar-refractivity contribution < 1.29 is 14.1 Å². The Morgan fingerprint density at radius 3 is 2.70 bits per heavy atom. The molecule has 0 unspecified atom stereocenters. The molecule has 144 valence electrons. The number of hydrogen-bond acceptors (Lipinski definition) is 6. The van der Waals surface area contributed by atoms with Crippen molar-refractivity contribution in [1.82, 2.24) is 10.2 Å². The van der Waals surface area contributed by atoms with Crippen molar-refractivity contribution >= 4 is 28.9 Å². The standard InChI is InChI=1S/C18H21ClN4O4/c1-13(17-3-2-10-27-17)20-12-18(24)22-8-6-21(7-9-22)15-5-4-14(19)11-16(15)23(25)26/h2-5,10-11,13,20H,6-9,12H2,1H3/t13-/m1/s1. The largest absolute Gasteiger partial charge is 0.468 e. The quantitative estimate of drug-likeness (QED) is 0.600. The molecule has 1 fully saturated rings. The summed E-state index contributed by atoms with van der Waals surface area (Å²) in [6, 6.07) is 8.27. The van der Waals surface area contributed by atoms with E-state index < -0.39 is 4.92 Å². The van der Waals surface area contributed by atoms with E-state index in [1.807, 2.05) is 24.0 Å². The highest BCUT2D eigenvalue weighted by Crippen LogP contribution is 2.31. The number of halogens is 1. The van der Waals surface area contributed by atoms with Gasteiger partial charge in [0.2, 0.25) is 5.91 Å². The van der Waals surface area contributed by atoms with Crippen LogP contribution in [0.25, 0.3) is 0 Å². The van der Waals surface area contributed by atoms with Crippen molar-refractivity contribution in [1.29, 1.82) is 0 Å². The van der Waals surface area contributed by atoms with Gasteiger partial charge in [-0.1, -0.05) is 11.6 Å². The third-order valence-electron chi connectivity index (χ3n) is 4.64. The van der Waals surface area contributed by atoms with E-state index >= 15 is 0 Å². The van der Waals surface area contributed by atoms with Crippen LogP contribution in [0.2, 0.25) is 5.02 Å². The van der Waals surface area contributed by atoms with Crippen molar-refractivity contribution in [3.05, 3.63) is 57.5 Å². The van der Waals surface area contributed by atoms with E-state index in [1.165, 1.54) is 6.07 Å². The zero-order valence-electron chi connectivity index (χ0n) is 14.9. The van der Waals surface area contributed by atoms with Gasteiger partial charge in [-0.05, 0) is 31.2 Å². The molecule has 1 saturated heterocycles. The third kappa shape index (κ3) is 4.58. The number of rotatable bonds is 6. The van der Waals surface area contributed by atoms with Gasteiger partial charge in [-0.25, -0.2) is 0 Å². The van der Waals surface area contributed by atoms with Crippen molar-refractivity contribution in [2.45, 2.75) is 13.0 Å². The minimum absolute atomic E-state index is 0.00124. The fourth-order valence-corrected chi connectivity index (χ4v) is 3.26. The van der Waals surface area contributed by atoms with Crippen LogP contribution < -0.4 is 10.2 Å². The topological polar surface area (TPSA) is 91.9 Å².